The molecule has 1 saturated heterocycles. The van der Waals surface area contributed by atoms with Crippen LogP contribution in [0.15, 0.2) is 17.0 Å². The van der Waals surface area contributed by atoms with Gasteiger partial charge in [-0.05, 0) is 60.2 Å². The van der Waals surface area contributed by atoms with E-state index in [4.69, 9.17) is 26.8 Å². The Hall–Kier alpha value is -1.33. The van der Waals surface area contributed by atoms with Crippen molar-refractivity contribution in [1.82, 2.24) is 4.90 Å². The van der Waals surface area contributed by atoms with Gasteiger partial charge in [-0.3, -0.25) is 14.5 Å². The number of aliphatic carboxylic acids is 1. The Labute approximate surface area is 168 Å². The average molecular weight is 493 g/mol. The first-order valence-electron chi connectivity index (χ1n) is 7.43. The summed E-state index contributed by atoms with van der Waals surface area (Å²) < 4.78 is 12.4. The summed E-state index contributed by atoms with van der Waals surface area (Å²) in [6.07, 6.45) is 1.68. The third-order valence-electron chi connectivity index (χ3n) is 3.09. The van der Waals surface area contributed by atoms with Gasteiger partial charge in [-0.15, -0.1) is 0 Å². The minimum absolute atomic E-state index is 0.240. The Morgan fingerprint density at radius 3 is 2.64 bits per heavy atom. The van der Waals surface area contributed by atoms with Gasteiger partial charge in [-0.1, -0.05) is 24.0 Å². The molecule has 0 atom stereocenters. The molecule has 1 aromatic carbocycles. The molecule has 6 nitrogen and oxygen atoms in total. The van der Waals surface area contributed by atoms with Gasteiger partial charge < -0.3 is 14.6 Å². The first-order valence-corrected chi connectivity index (χ1v) is 9.74. The van der Waals surface area contributed by atoms with Crippen LogP contribution in [0.4, 0.5) is 0 Å². The fourth-order valence-electron chi connectivity index (χ4n) is 2.14. The van der Waals surface area contributed by atoms with Crippen molar-refractivity contribution < 1.29 is 24.2 Å². The Kier molecular flexibility index (Phi) is 7.08. The standard InChI is InChI=1S/C16H16INO5S2/c1-3-22-11-6-9(5-10(17)14(11)23-4-2)7-12-15(21)18(8-13(19)20)16(24)25-12/h5-7H,3-4,8H2,1-2H3,(H,19,20)/b12-7-. The highest BCUT2D eigenvalue weighted by atomic mass is 127. The van der Waals surface area contributed by atoms with Gasteiger partial charge in [-0.25, -0.2) is 0 Å². The smallest absolute Gasteiger partial charge is 0.323 e. The first kappa shape index (κ1) is 20.0. The van der Waals surface area contributed by atoms with Crippen molar-refractivity contribution in [2.75, 3.05) is 19.8 Å². The molecule has 1 amide bonds. The summed E-state index contributed by atoms with van der Waals surface area (Å²) in [6.45, 7) is 4.34. The molecule has 1 heterocycles. The number of hydrogen-bond acceptors (Lipinski definition) is 6. The molecule has 0 aliphatic carbocycles. The van der Waals surface area contributed by atoms with E-state index in [0.717, 1.165) is 25.8 Å². The molecule has 1 aliphatic rings. The van der Waals surface area contributed by atoms with Crippen LogP contribution in [0.2, 0.25) is 0 Å². The molecule has 25 heavy (non-hydrogen) atoms. The van der Waals surface area contributed by atoms with E-state index in [1.165, 1.54) is 0 Å². The predicted octanol–water partition coefficient (Wildman–Crippen LogP) is 3.37. The molecule has 0 spiro atoms. The van der Waals surface area contributed by atoms with Crippen molar-refractivity contribution in [3.8, 4) is 11.5 Å². The molecule has 9 heteroatoms. The van der Waals surface area contributed by atoms with E-state index in [1.54, 1.807) is 12.1 Å². The number of nitrogens with zero attached hydrogens (tertiary/aromatic N) is 1. The topological polar surface area (TPSA) is 76.1 Å². The Morgan fingerprint density at radius 1 is 1.36 bits per heavy atom. The molecule has 0 radical (unpaired) electrons. The van der Waals surface area contributed by atoms with Crippen molar-refractivity contribution in [3.05, 3.63) is 26.2 Å². The summed E-state index contributed by atoms with van der Waals surface area (Å²) in [5.74, 6) is -0.241. The number of benzene rings is 1. The van der Waals surface area contributed by atoms with E-state index in [-0.39, 0.29) is 4.32 Å². The lowest BCUT2D eigenvalue weighted by Gasteiger charge is -2.13. The molecule has 0 saturated carbocycles. The first-order chi connectivity index (χ1) is 11.9. The molecule has 1 aromatic rings. The van der Waals surface area contributed by atoms with Crippen molar-refractivity contribution in [2.45, 2.75) is 13.8 Å². The van der Waals surface area contributed by atoms with E-state index in [9.17, 15) is 9.59 Å². The van der Waals surface area contributed by atoms with Crippen LogP contribution in [-0.4, -0.2) is 46.0 Å². The van der Waals surface area contributed by atoms with Crippen molar-refractivity contribution >= 4 is 68.8 Å². The van der Waals surface area contributed by atoms with Crippen LogP contribution in [0.1, 0.15) is 19.4 Å². The van der Waals surface area contributed by atoms with E-state index < -0.39 is 18.4 Å². The number of thioether (sulfide) groups is 1. The predicted molar refractivity (Wildman–Crippen MR) is 109 cm³/mol. The Morgan fingerprint density at radius 2 is 2.04 bits per heavy atom. The summed E-state index contributed by atoms with van der Waals surface area (Å²) in [5.41, 5.74) is 0.757. The average Bonchev–Trinajstić information content (AvgIpc) is 2.78. The number of rotatable bonds is 7. The van der Waals surface area contributed by atoms with Gasteiger partial charge in [0.1, 0.15) is 10.9 Å². The van der Waals surface area contributed by atoms with E-state index in [0.29, 0.717) is 29.6 Å². The van der Waals surface area contributed by atoms with Crippen molar-refractivity contribution in [1.29, 1.82) is 0 Å². The van der Waals surface area contributed by atoms with Crippen molar-refractivity contribution in [3.63, 3.8) is 0 Å². The number of carbonyl (C=O) groups is 2. The second-order valence-corrected chi connectivity index (χ2v) is 7.70. The highest BCUT2D eigenvalue weighted by Gasteiger charge is 2.33. The van der Waals surface area contributed by atoms with Crippen LogP contribution in [0, 0.1) is 3.57 Å². The van der Waals surface area contributed by atoms with E-state index in [2.05, 4.69) is 22.6 Å². The minimum Gasteiger partial charge on any atom is -0.490 e. The molecule has 0 bridgehead atoms. The van der Waals surface area contributed by atoms with Crippen LogP contribution >= 0.6 is 46.6 Å². The number of carboxylic acids is 1. The van der Waals surface area contributed by atoms with Crippen LogP contribution in [0.3, 0.4) is 0 Å². The number of carboxylic acid groups (broad SMARTS) is 1. The quantitative estimate of drug-likeness (QED) is 0.355. The maximum atomic E-state index is 12.3. The fraction of sp³-hybridized carbons (Fsp3) is 0.312. The highest BCUT2D eigenvalue weighted by Crippen LogP contribution is 2.37. The van der Waals surface area contributed by atoms with Gasteiger partial charge in [0, 0.05) is 0 Å². The van der Waals surface area contributed by atoms with Gasteiger partial charge in [0.25, 0.3) is 5.91 Å². The summed E-state index contributed by atoms with van der Waals surface area (Å²) in [6, 6.07) is 3.66. The van der Waals surface area contributed by atoms with Gasteiger partial charge in [0.15, 0.2) is 11.5 Å². The van der Waals surface area contributed by atoms with Crippen LogP contribution in [0.5, 0.6) is 11.5 Å². The Balaban J connectivity index is 2.36. The van der Waals surface area contributed by atoms with Crippen molar-refractivity contribution in [2.24, 2.45) is 0 Å². The molecule has 2 rings (SSSR count). The third-order valence-corrected chi connectivity index (χ3v) is 5.26. The van der Waals surface area contributed by atoms with Crippen LogP contribution < -0.4 is 9.47 Å². The second-order valence-electron chi connectivity index (χ2n) is 4.86. The summed E-state index contributed by atoms with van der Waals surface area (Å²) in [7, 11) is 0. The lowest BCUT2D eigenvalue weighted by atomic mass is 10.2. The van der Waals surface area contributed by atoms with Gasteiger partial charge in [0.2, 0.25) is 0 Å². The fourth-order valence-corrected chi connectivity index (χ4v) is 4.18. The van der Waals surface area contributed by atoms with E-state index in [1.807, 2.05) is 19.9 Å². The molecule has 0 unspecified atom stereocenters. The summed E-state index contributed by atoms with van der Waals surface area (Å²) in [4.78, 5) is 24.7. The number of thiocarbonyl (C=S) groups is 1. The maximum absolute atomic E-state index is 12.3. The van der Waals surface area contributed by atoms with Gasteiger partial charge >= 0.3 is 5.97 Å². The van der Waals surface area contributed by atoms with E-state index >= 15 is 0 Å². The second kappa shape index (κ2) is 8.86. The highest BCUT2D eigenvalue weighted by molar-refractivity contribution is 14.1. The molecular formula is C16H16INO5S2. The minimum atomic E-state index is -1.10. The SMILES string of the molecule is CCOc1cc(/C=C2\SC(=S)N(CC(=O)O)C2=O)cc(I)c1OCC. The van der Waals surface area contributed by atoms with Gasteiger partial charge in [0.05, 0.1) is 21.7 Å². The maximum Gasteiger partial charge on any atom is 0.323 e. The number of halogens is 1. The molecule has 1 N–H and O–H groups in total. The molecule has 134 valence electrons. The molecule has 1 fully saturated rings. The normalized spacial score (nSPS) is 15.8. The van der Waals surface area contributed by atoms with Crippen LogP contribution in [-0.2, 0) is 9.59 Å². The monoisotopic (exact) mass is 493 g/mol. The van der Waals surface area contributed by atoms with Gasteiger partial charge in [-0.2, -0.15) is 0 Å². The zero-order valence-electron chi connectivity index (χ0n) is 13.6. The summed E-state index contributed by atoms with van der Waals surface area (Å²) in [5, 5.41) is 8.88. The zero-order chi connectivity index (χ0) is 18.6. The Bertz CT molecular complexity index is 750. The molecule has 1 aliphatic heterocycles. The molecule has 0 aromatic heterocycles. The molecular weight excluding hydrogens is 477 g/mol. The lowest BCUT2D eigenvalue weighted by Crippen LogP contribution is -2.33. The van der Waals surface area contributed by atoms with Crippen LogP contribution in [0.25, 0.3) is 6.08 Å². The number of amides is 1. The largest absolute Gasteiger partial charge is 0.490 e. The summed E-state index contributed by atoms with van der Waals surface area (Å²) >= 11 is 8.34. The third kappa shape index (κ3) is 4.85. The number of hydrogen-bond donors (Lipinski definition) is 1. The number of ether oxygens (including phenoxy) is 2. The zero-order valence-corrected chi connectivity index (χ0v) is 17.4. The lowest BCUT2D eigenvalue weighted by molar-refractivity contribution is -0.140. The number of carbonyl (C=O) groups excluding carboxylic acids is 1.